The molecule has 5 nitrogen and oxygen atoms in total. The molecule has 1 N–H and O–H groups in total. The van der Waals surface area contributed by atoms with Gasteiger partial charge in [-0.25, -0.2) is 4.98 Å². The topological polar surface area (TPSA) is 67.5 Å². The molecule has 0 bridgehead atoms. The molecule has 4 aromatic rings. The number of phenolic OH excluding ortho intramolecular Hbond substituents is 1. The maximum atomic E-state index is 13.0. The summed E-state index contributed by atoms with van der Waals surface area (Å²) in [5, 5.41) is 14.8. The molecular formula is C22H17N3O2. The van der Waals surface area contributed by atoms with Crippen LogP contribution in [-0.2, 0) is 0 Å². The van der Waals surface area contributed by atoms with Crippen molar-refractivity contribution < 1.29 is 5.11 Å². The molecule has 1 heterocycles. The molecule has 0 unspecified atom stereocenters. The number of rotatable bonds is 3. The monoisotopic (exact) mass is 355 g/mol. The first kappa shape index (κ1) is 16.7. The number of benzene rings is 3. The molecule has 5 heteroatoms. The molecule has 0 saturated carbocycles. The van der Waals surface area contributed by atoms with Crippen LogP contribution in [0.25, 0.3) is 22.3 Å². The van der Waals surface area contributed by atoms with Gasteiger partial charge in [0.1, 0.15) is 5.75 Å². The predicted molar refractivity (Wildman–Crippen MR) is 107 cm³/mol. The molecule has 0 amide bonds. The fraction of sp³-hybridized carbons (Fsp3) is 0.0455. The molecule has 0 spiro atoms. The summed E-state index contributed by atoms with van der Waals surface area (Å²) in [6, 6.07) is 21.8. The molecule has 27 heavy (non-hydrogen) atoms. The zero-order chi connectivity index (χ0) is 18.8. The number of hydrogen-bond donors (Lipinski definition) is 1. The third kappa shape index (κ3) is 3.22. The Morgan fingerprint density at radius 3 is 2.44 bits per heavy atom. The third-order valence-electron chi connectivity index (χ3n) is 4.31. The van der Waals surface area contributed by atoms with E-state index in [1.54, 1.807) is 36.4 Å². The number of aryl methyl sites for hydroxylation is 1. The van der Waals surface area contributed by atoms with E-state index in [0.29, 0.717) is 22.3 Å². The largest absolute Gasteiger partial charge is 0.507 e. The molecule has 0 aliphatic rings. The summed E-state index contributed by atoms with van der Waals surface area (Å²) in [6.07, 6.45) is 1.46. The number of aromatic nitrogens is 2. The highest BCUT2D eigenvalue weighted by atomic mass is 16.3. The number of para-hydroxylation sites is 2. The molecule has 3 aromatic carbocycles. The van der Waals surface area contributed by atoms with E-state index in [1.165, 1.54) is 10.9 Å². The summed E-state index contributed by atoms with van der Waals surface area (Å²) in [6.45, 7) is 2.00. The van der Waals surface area contributed by atoms with Gasteiger partial charge >= 0.3 is 0 Å². The van der Waals surface area contributed by atoms with Gasteiger partial charge in [0.05, 0.1) is 17.1 Å². The van der Waals surface area contributed by atoms with E-state index >= 15 is 0 Å². The van der Waals surface area contributed by atoms with E-state index in [1.807, 2.05) is 43.3 Å². The lowest BCUT2D eigenvalue weighted by atomic mass is 10.1. The van der Waals surface area contributed by atoms with Gasteiger partial charge in [-0.1, -0.05) is 54.1 Å². The van der Waals surface area contributed by atoms with E-state index < -0.39 is 0 Å². The molecule has 0 atom stereocenters. The maximum Gasteiger partial charge on any atom is 0.282 e. The first-order valence-electron chi connectivity index (χ1n) is 8.55. The minimum absolute atomic E-state index is 0.0972. The van der Waals surface area contributed by atoms with E-state index in [9.17, 15) is 9.90 Å². The van der Waals surface area contributed by atoms with E-state index in [-0.39, 0.29) is 11.3 Å². The number of nitrogens with zero attached hydrogens (tertiary/aromatic N) is 3. The van der Waals surface area contributed by atoms with Crippen LogP contribution < -0.4 is 5.56 Å². The van der Waals surface area contributed by atoms with Gasteiger partial charge in [-0.05, 0) is 31.2 Å². The fourth-order valence-electron chi connectivity index (χ4n) is 2.84. The quantitative estimate of drug-likeness (QED) is 0.566. The molecule has 0 saturated heterocycles. The van der Waals surface area contributed by atoms with Gasteiger partial charge in [0.2, 0.25) is 0 Å². The zero-order valence-corrected chi connectivity index (χ0v) is 14.7. The summed E-state index contributed by atoms with van der Waals surface area (Å²) >= 11 is 0. The van der Waals surface area contributed by atoms with Gasteiger partial charge in [-0.15, -0.1) is 0 Å². The number of hydrogen-bond acceptors (Lipinski definition) is 4. The zero-order valence-electron chi connectivity index (χ0n) is 14.7. The van der Waals surface area contributed by atoms with Crippen molar-refractivity contribution in [2.45, 2.75) is 6.92 Å². The van der Waals surface area contributed by atoms with Crippen LogP contribution in [0.15, 0.2) is 82.7 Å². The number of aromatic hydroxyl groups is 1. The first-order chi connectivity index (χ1) is 13.1. The lowest BCUT2D eigenvalue weighted by molar-refractivity contribution is 0.474. The second kappa shape index (κ2) is 6.88. The van der Waals surface area contributed by atoms with E-state index in [2.05, 4.69) is 10.1 Å². The van der Waals surface area contributed by atoms with Gasteiger partial charge in [0, 0.05) is 11.1 Å². The second-order valence-corrected chi connectivity index (χ2v) is 6.24. The van der Waals surface area contributed by atoms with Crippen LogP contribution in [0.2, 0.25) is 0 Å². The smallest absolute Gasteiger partial charge is 0.282 e. The van der Waals surface area contributed by atoms with Crippen LogP contribution in [0, 0.1) is 6.92 Å². The molecule has 132 valence electrons. The number of fused-ring (bicyclic) bond motifs is 1. The molecule has 0 aliphatic carbocycles. The van der Waals surface area contributed by atoms with Crippen molar-refractivity contribution >= 4 is 17.1 Å². The van der Waals surface area contributed by atoms with Crippen molar-refractivity contribution in [1.82, 2.24) is 9.66 Å². The van der Waals surface area contributed by atoms with E-state index in [0.717, 1.165) is 11.1 Å². The van der Waals surface area contributed by atoms with Gasteiger partial charge in [0.15, 0.2) is 5.82 Å². The lowest BCUT2D eigenvalue weighted by Gasteiger charge is -2.10. The highest BCUT2D eigenvalue weighted by Crippen LogP contribution is 2.20. The van der Waals surface area contributed by atoms with Crippen molar-refractivity contribution in [3.05, 3.63) is 94.3 Å². The summed E-state index contributed by atoms with van der Waals surface area (Å²) in [5.41, 5.74) is 2.78. The molecule has 0 fully saturated rings. The lowest BCUT2D eigenvalue weighted by Crippen LogP contribution is -2.20. The summed E-state index contributed by atoms with van der Waals surface area (Å²) < 4.78 is 1.28. The highest BCUT2D eigenvalue weighted by Gasteiger charge is 2.12. The third-order valence-corrected chi connectivity index (χ3v) is 4.31. The summed E-state index contributed by atoms with van der Waals surface area (Å²) in [5.74, 6) is 0.547. The van der Waals surface area contributed by atoms with Crippen molar-refractivity contribution in [2.75, 3.05) is 0 Å². The average molecular weight is 355 g/mol. The van der Waals surface area contributed by atoms with Gasteiger partial charge in [-0.2, -0.15) is 9.78 Å². The molecule has 1 aromatic heterocycles. The van der Waals surface area contributed by atoms with Crippen molar-refractivity contribution in [2.24, 2.45) is 5.10 Å². The van der Waals surface area contributed by atoms with Gasteiger partial charge in [0.25, 0.3) is 5.56 Å². The Balaban J connectivity index is 1.95. The SMILES string of the molecule is Cc1ccc(-c2nc3ccccc3c(=O)n2/N=C\c2ccccc2O)cc1. The molecule has 4 rings (SSSR count). The van der Waals surface area contributed by atoms with Crippen molar-refractivity contribution in [1.29, 1.82) is 0 Å². The minimum Gasteiger partial charge on any atom is -0.507 e. The molecule has 0 aliphatic heterocycles. The predicted octanol–water partition coefficient (Wildman–Crippen LogP) is 3.96. The van der Waals surface area contributed by atoms with Crippen molar-refractivity contribution in [3.8, 4) is 17.1 Å². The summed E-state index contributed by atoms with van der Waals surface area (Å²) in [4.78, 5) is 17.7. The van der Waals surface area contributed by atoms with Crippen LogP contribution in [-0.4, -0.2) is 21.0 Å². The Labute approximate surface area is 155 Å². The standard InChI is InChI=1S/C22H17N3O2/c1-15-10-12-16(13-11-15)21-24-19-8-4-3-7-18(19)22(27)25(21)23-14-17-6-2-5-9-20(17)26/h2-14,26H,1H3/b23-14-. The van der Waals surface area contributed by atoms with E-state index in [4.69, 9.17) is 0 Å². The molecular weight excluding hydrogens is 338 g/mol. The van der Waals surface area contributed by atoms with Gasteiger partial charge in [-0.3, -0.25) is 4.79 Å². The van der Waals surface area contributed by atoms with Gasteiger partial charge < -0.3 is 5.11 Å². The first-order valence-corrected chi connectivity index (χ1v) is 8.55. The van der Waals surface area contributed by atoms with Crippen LogP contribution in [0.4, 0.5) is 0 Å². The minimum atomic E-state index is -0.261. The Morgan fingerprint density at radius 2 is 1.67 bits per heavy atom. The Bertz CT molecular complexity index is 1210. The van der Waals surface area contributed by atoms with Crippen molar-refractivity contribution in [3.63, 3.8) is 0 Å². The summed E-state index contributed by atoms with van der Waals surface area (Å²) in [7, 11) is 0. The number of phenols is 1. The van der Waals surface area contributed by atoms with Crippen LogP contribution >= 0.6 is 0 Å². The van der Waals surface area contributed by atoms with Crippen LogP contribution in [0.3, 0.4) is 0 Å². The normalized spacial score (nSPS) is 11.3. The second-order valence-electron chi connectivity index (χ2n) is 6.24. The maximum absolute atomic E-state index is 13.0. The Hall–Kier alpha value is -3.73. The van der Waals surface area contributed by atoms with Crippen LogP contribution in [0.1, 0.15) is 11.1 Å². The Morgan fingerprint density at radius 1 is 0.963 bits per heavy atom. The fourth-order valence-corrected chi connectivity index (χ4v) is 2.84. The Kier molecular flexibility index (Phi) is 4.26. The molecule has 0 radical (unpaired) electrons. The highest BCUT2D eigenvalue weighted by molar-refractivity contribution is 5.84. The van der Waals surface area contributed by atoms with Crippen LogP contribution in [0.5, 0.6) is 5.75 Å². The average Bonchev–Trinajstić information content (AvgIpc) is 2.69.